The lowest BCUT2D eigenvalue weighted by Gasteiger charge is -2.18. The smallest absolute Gasteiger partial charge is 0.343 e. The summed E-state index contributed by atoms with van der Waals surface area (Å²) >= 11 is 6.09. The highest BCUT2D eigenvalue weighted by molar-refractivity contribution is 6.35. The summed E-state index contributed by atoms with van der Waals surface area (Å²) in [6.45, 7) is -0.752. The fourth-order valence-electron chi connectivity index (χ4n) is 2.62. The standard InChI is InChI=1S/C16H14ClFN2O4/c17-11-3-4-12(14-10(11)2-1-6-19-14)24-8-13(21)20-7-5-16(18,9-20)15(22)23/h1-4,6H,5,7-9H2,(H,22,23). The van der Waals surface area contributed by atoms with E-state index in [1.165, 1.54) is 0 Å². The van der Waals surface area contributed by atoms with Gasteiger partial charge in [-0.1, -0.05) is 11.6 Å². The molecule has 1 amide bonds. The van der Waals surface area contributed by atoms with Gasteiger partial charge in [0.2, 0.25) is 5.67 Å². The molecule has 0 saturated carbocycles. The van der Waals surface area contributed by atoms with Crippen LogP contribution in [0, 0.1) is 0 Å². The Morgan fingerprint density at radius 2 is 2.21 bits per heavy atom. The third kappa shape index (κ3) is 2.99. The van der Waals surface area contributed by atoms with Crippen molar-refractivity contribution in [1.82, 2.24) is 9.88 Å². The molecule has 1 fully saturated rings. The maximum atomic E-state index is 14.0. The Balaban J connectivity index is 1.70. The van der Waals surface area contributed by atoms with Gasteiger partial charge in [-0.2, -0.15) is 0 Å². The lowest BCUT2D eigenvalue weighted by molar-refractivity contribution is -0.150. The molecule has 8 heteroatoms. The molecular formula is C16H14ClFN2O4. The van der Waals surface area contributed by atoms with E-state index in [1.807, 2.05) is 0 Å². The molecule has 0 radical (unpaired) electrons. The van der Waals surface area contributed by atoms with Crippen LogP contribution in [0.4, 0.5) is 4.39 Å². The molecule has 1 atom stereocenters. The van der Waals surface area contributed by atoms with Crippen LogP contribution in [0.25, 0.3) is 10.9 Å². The van der Waals surface area contributed by atoms with Crippen LogP contribution in [0.2, 0.25) is 5.02 Å². The number of hydrogen-bond acceptors (Lipinski definition) is 4. The number of hydrogen-bond donors (Lipinski definition) is 1. The predicted octanol–water partition coefficient (Wildman–Crippen LogP) is 2.29. The summed E-state index contributed by atoms with van der Waals surface area (Å²) in [7, 11) is 0. The molecule has 0 aliphatic carbocycles. The molecule has 0 bridgehead atoms. The van der Waals surface area contributed by atoms with Crippen LogP contribution >= 0.6 is 11.6 Å². The van der Waals surface area contributed by atoms with Crippen molar-refractivity contribution in [2.24, 2.45) is 0 Å². The minimum absolute atomic E-state index is 0.0462. The first-order valence-corrected chi connectivity index (χ1v) is 7.65. The molecule has 1 saturated heterocycles. The molecular weight excluding hydrogens is 339 g/mol. The van der Waals surface area contributed by atoms with Gasteiger partial charge in [-0.05, 0) is 24.3 Å². The molecule has 3 rings (SSSR count). The number of carbonyl (C=O) groups is 2. The molecule has 2 heterocycles. The number of amides is 1. The van der Waals surface area contributed by atoms with E-state index in [2.05, 4.69) is 4.98 Å². The van der Waals surface area contributed by atoms with Crippen molar-refractivity contribution in [2.45, 2.75) is 12.1 Å². The fourth-order valence-corrected chi connectivity index (χ4v) is 2.83. The molecule has 1 aromatic carbocycles. The molecule has 1 unspecified atom stereocenters. The van der Waals surface area contributed by atoms with Gasteiger partial charge in [0, 0.05) is 24.5 Å². The van der Waals surface area contributed by atoms with E-state index in [0.29, 0.717) is 21.7 Å². The molecule has 2 aromatic rings. The Hall–Kier alpha value is -2.41. The van der Waals surface area contributed by atoms with Crippen molar-refractivity contribution < 1.29 is 23.8 Å². The molecule has 1 aliphatic rings. The summed E-state index contributed by atoms with van der Waals surface area (Å²) < 4.78 is 19.5. The first-order valence-electron chi connectivity index (χ1n) is 7.27. The largest absolute Gasteiger partial charge is 0.481 e. The van der Waals surface area contributed by atoms with Crippen LogP contribution in [0.5, 0.6) is 5.75 Å². The second-order valence-electron chi connectivity index (χ2n) is 5.57. The number of nitrogens with zero attached hydrogens (tertiary/aromatic N) is 2. The number of aromatic nitrogens is 1. The number of aliphatic carboxylic acids is 1. The van der Waals surface area contributed by atoms with Crippen molar-refractivity contribution in [3.63, 3.8) is 0 Å². The zero-order chi connectivity index (χ0) is 17.3. The van der Waals surface area contributed by atoms with Crippen molar-refractivity contribution in [2.75, 3.05) is 19.7 Å². The van der Waals surface area contributed by atoms with Crippen LogP contribution in [-0.2, 0) is 9.59 Å². The second-order valence-corrected chi connectivity index (χ2v) is 5.98. The van der Waals surface area contributed by atoms with Gasteiger partial charge in [0.15, 0.2) is 6.61 Å². The van der Waals surface area contributed by atoms with Gasteiger partial charge < -0.3 is 14.7 Å². The third-order valence-corrected chi connectivity index (χ3v) is 4.32. The highest BCUT2D eigenvalue weighted by atomic mass is 35.5. The summed E-state index contributed by atoms with van der Waals surface area (Å²) in [5, 5.41) is 10.1. The van der Waals surface area contributed by atoms with E-state index in [1.54, 1.807) is 30.5 Å². The third-order valence-electron chi connectivity index (χ3n) is 3.99. The number of fused-ring (bicyclic) bond motifs is 1. The molecule has 1 N–H and O–H groups in total. The first-order chi connectivity index (χ1) is 11.4. The Bertz CT molecular complexity index is 816. The zero-order valence-corrected chi connectivity index (χ0v) is 13.3. The number of rotatable bonds is 4. The molecule has 24 heavy (non-hydrogen) atoms. The summed E-state index contributed by atoms with van der Waals surface area (Å²) in [6.07, 6.45) is 1.36. The topological polar surface area (TPSA) is 79.7 Å². The highest BCUT2D eigenvalue weighted by Gasteiger charge is 2.46. The molecule has 0 spiro atoms. The van der Waals surface area contributed by atoms with E-state index in [9.17, 15) is 14.0 Å². The molecule has 1 aliphatic heterocycles. The summed E-state index contributed by atoms with van der Waals surface area (Å²) in [5.41, 5.74) is -1.87. The number of carboxylic acids is 1. The average Bonchev–Trinajstić information content (AvgIpc) is 2.98. The van der Waals surface area contributed by atoms with E-state index >= 15 is 0 Å². The number of pyridine rings is 1. The van der Waals surface area contributed by atoms with Crippen molar-refractivity contribution in [3.8, 4) is 5.75 Å². The van der Waals surface area contributed by atoms with E-state index in [4.69, 9.17) is 21.4 Å². The van der Waals surface area contributed by atoms with Crippen LogP contribution in [-0.4, -0.2) is 52.2 Å². The van der Waals surface area contributed by atoms with Gasteiger partial charge >= 0.3 is 5.97 Å². The number of alkyl halides is 1. The van der Waals surface area contributed by atoms with Crippen molar-refractivity contribution in [3.05, 3.63) is 35.5 Å². The van der Waals surface area contributed by atoms with Gasteiger partial charge in [0.25, 0.3) is 5.91 Å². The summed E-state index contributed by atoms with van der Waals surface area (Å²) in [5.74, 6) is -1.64. The quantitative estimate of drug-likeness (QED) is 0.913. The summed E-state index contributed by atoms with van der Waals surface area (Å²) in [4.78, 5) is 28.4. The average molecular weight is 353 g/mol. The molecule has 1 aromatic heterocycles. The van der Waals surface area contributed by atoms with Crippen LogP contribution < -0.4 is 4.74 Å². The monoisotopic (exact) mass is 352 g/mol. The number of carbonyl (C=O) groups excluding carboxylic acids is 1. The van der Waals surface area contributed by atoms with Crippen LogP contribution in [0.1, 0.15) is 6.42 Å². The number of halogens is 2. The van der Waals surface area contributed by atoms with Gasteiger partial charge in [-0.15, -0.1) is 0 Å². The highest BCUT2D eigenvalue weighted by Crippen LogP contribution is 2.30. The SMILES string of the molecule is O=C(COc1ccc(Cl)c2cccnc12)N1CCC(F)(C(=O)O)C1. The fraction of sp³-hybridized carbons (Fsp3) is 0.312. The minimum atomic E-state index is -2.38. The molecule has 126 valence electrons. The number of benzene rings is 1. The van der Waals surface area contributed by atoms with Gasteiger partial charge in [0.1, 0.15) is 11.3 Å². The second kappa shape index (κ2) is 6.24. The molecule has 6 nitrogen and oxygen atoms in total. The van der Waals surface area contributed by atoms with Crippen molar-refractivity contribution >= 4 is 34.4 Å². The predicted molar refractivity (Wildman–Crippen MR) is 84.9 cm³/mol. The summed E-state index contributed by atoms with van der Waals surface area (Å²) in [6, 6.07) is 6.76. The number of carboxylic acid groups (broad SMARTS) is 1. The first kappa shape index (κ1) is 16.4. The Morgan fingerprint density at radius 3 is 2.92 bits per heavy atom. The van der Waals surface area contributed by atoms with Crippen LogP contribution in [0.3, 0.4) is 0 Å². The van der Waals surface area contributed by atoms with Gasteiger partial charge in [0.05, 0.1) is 11.6 Å². The maximum Gasteiger partial charge on any atom is 0.343 e. The zero-order valence-electron chi connectivity index (χ0n) is 12.5. The van der Waals surface area contributed by atoms with Gasteiger partial charge in [-0.3, -0.25) is 9.78 Å². The van der Waals surface area contributed by atoms with E-state index in [-0.39, 0.29) is 19.6 Å². The lowest BCUT2D eigenvalue weighted by Crippen LogP contribution is -2.40. The number of likely N-dealkylation sites (tertiary alicyclic amines) is 1. The Labute approximate surface area is 141 Å². The maximum absolute atomic E-state index is 14.0. The van der Waals surface area contributed by atoms with Crippen LogP contribution in [0.15, 0.2) is 30.5 Å². The van der Waals surface area contributed by atoms with E-state index in [0.717, 1.165) is 4.90 Å². The van der Waals surface area contributed by atoms with Crippen molar-refractivity contribution in [1.29, 1.82) is 0 Å². The van der Waals surface area contributed by atoms with Gasteiger partial charge in [-0.25, -0.2) is 9.18 Å². The lowest BCUT2D eigenvalue weighted by atomic mass is 10.1. The normalized spacial score (nSPS) is 20.3. The van der Waals surface area contributed by atoms with E-state index < -0.39 is 24.1 Å². The number of ether oxygens (including phenoxy) is 1. The Kier molecular flexibility index (Phi) is 4.28. The minimum Gasteiger partial charge on any atom is -0.481 e. The Morgan fingerprint density at radius 1 is 1.42 bits per heavy atom.